The number of nitrogens with zero attached hydrogens (tertiary/aromatic N) is 3. The molecule has 3 nitrogen and oxygen atoms in total. The predicted octanol–water partition coefficient (Wildman–Crippen LogP) is 5.15. The minimum Gasteiger partial charge on any atom is -0.361 e. The highest BCUT2D eigenvalue weighted by Gasteiger charge is 2.26. The number of aromatic nitrogens is 2. The maximum atomic E-state index is 6.22. The molecule has 0 amide bonds. The van der Waals surface area contributed by atoms with E-state index in [0.717, 1.165) is 29.3 Å². The molecule has 0 radical (unpaired) electrons. The number of fused-ring (bicyclic) bond motifs is 2. The van der Waals surface area contributed by atoms with E-state index >= 15 is 0 Å². The van der Waals surface area contributed by atoms with E-state index in [-0.39, 0.29) is 12.4 Å². The number of hydrogen-bond donors (Lipinski definition) is 0. The van der Waals surface area contributed by atoms with E-state index in [0.29, 0.717) is 6.04 Å². The normalized spacial score (nSPS) is 16.8. The van der Waals surface area contributed by atoms with Gasteiger partial charge in [0.15, 0.2) is 5.65 Å². The monoisotopic (exact) mass is 361 g/mol. The Morgan fingerprint density at radius 1 is 1.21 bits per heavy atom. The number of anilines is 1. The van der Waals surface area contributed by atoms with Crippen molar-refractivity contribution in [3.8, 4) is 0 Å². The van der Waals surface area contributed by atoms with Crippen LogP contribution in [-0.2, 0) is 6.42 Å². The van der Waals surface area contributed by atoms with Crippen molar-refractivity contribution in [2.75, 3.05) is 11.4 Å². The lowest BCUT2D eigenvalue weighted by atomic mass is 9.93. The number of rotatable bonds is 1. The third kappa shape index (κ3) is 2.56. The van der Waals surface area contributed by atoms with E-state index in [4.69, 9.17) is 16.6 Å². The van der Waals surface area contributed by atoms with Crippen molar-refractivity contribution < 1.29 is 0 Å². The number of pyridine rings is 1. The molecule has 1 unspecified atom stereocenters. The van der Waals surface area contributed by atoms with E-state index in [1.165, 1.54) is 22.5 Å². The molecule has 5 heteroatoms. The van der Waals surface area contributed by atoms with E-state index in [2.05, 4.69) is 60.5 Å². The van der Waals surface area contributed by atoms with Crippen LogP contribution in [0.3, 0.4) is 0 Å². The summed E-state index contributed by atoms with van der Waals surface area (Å²) in [5.41, 5.74) is 7.26. The fourth-order valence-corrected chi connectivity index (χ4v) is 3.80. The highest BCUT2D eigenvalue weighted by Crippen LogP contribution is 2.36. The first kappa shape index (κ1) is 17.1. The highest BCUT2D eigenvalue weighted by atomic mass is 35.5. The molecule has 1 aliphatic heterocycles. The summed E-state index contributed by atoms with van der Waals surface area (Å²) in [6.07, 6.45) is 3.13. The van der Waals surface area contributed by atoms with Gasteiger partial charge in [0.25, 0.3) is 0 Å². The highest BCUT2D eigenvalue weighted by molar-refractivity contribution is 6.30. The fourth-order valence-electron chi connectivity index (χ4n) is 3.62. The number of hydrogen-bond acceptors (Lipinski definition) is 2. The average Bonchev–Trinajstić information content (AvgIpc) is 2.84. The average molecular weight is 362 g/mol. The first-order chi connectivity index (χ1) is 11.1. The Kier molecular flexibility index (Phi) is 4.50. The smallest absolute Gasteiger partial charge is 0.160 e. The zero-order valence-corrected chi connectivity index (χ0v) is 15.7. The van der Waals surface area contributed by atoms with Gasteiger partial charge in [-0.1, -0.05) is 17.7 Å². The van der Waals surface area contributed by atoms with E-state index in [1.807, 2.05) is 6.07 Å². The van der Waals surface area contributed by atoms with Crippen molar-refractivity contribution in [1.29, 1.82) is 0 Å². The van der Waals surface area contributed by atoms with Crippen molar-refractivity contribution in [2.24, 2.45) is 0 Å². The summed E-state index contributed by atoms with van der Waals surface area (Å²) in [5, 5.41) is 0.808. The molecule has 126 valence electrons. The molecule has 3 aromatic rings. The molecule has 0 saturated heterocycles. The van der Waals surface area contributed by atoms with Crippen LogP contribution in [0.1, 0.15) is 35.5 Å². The summed E-state index contributed by atoms with van der Waals surface area (Å²) < 4.78 is 2.19. The molecule has 0 fully saturated rings. The SMILES string of the molecule is Cc1nc2c(N3CCc4ccc(Cl)cc4C3C)cccn2c1C.Cl. The van der Waals surface area contributed by atoms with Crippen LogP contribution in [0.2, 0.25) is 5.02 Å². The van der Waals surface area contributed by atoms with Crippen molar-refractivity contribution in [2.45, 2.75) is 33.2 Å². The van der Waals surface area contributed by atoms with Crippen molar-refractivity contribution in [3.05, 3.63) is 64.1 Å². The minimum absolute atomic E-state index is 0. The molecule has 0 bridgehead atoms. The van der Waals surface area contributed by atoms with Gasteiger partial charge >= 0.3 is 0 Å². The first-order valence-corrected chi connectivity index (χ1v) is 8.43. The number of benzene rings is 1. The lowest BCUT2D eigenvalue weighted by molar-refractivity contribution is 0.625. The Morgan fingerprint density at radius 3 is 2.79 bits per heavy atom. The molecule has 0 spiro atoms. The van der Waals surface area contributed by atoms with Crippen LogP contribution in [0.5, 0.6) is 0 Å². The summed E-state index contributed by atoms with van der Waals surface area (Å²) in [7, 11) is 0. The van der Waals surface area contributed by atoms with Gasteiger partial charge in [0.2, 0.25) is 0 Å². The Hall–Kier alpha value is -1.71. The third-order valence-electron chi connectivity index (χ3n) is 5.06. The molecule has 3 heterocycles. The van der Waals surface area contributed by atoms with E-state index < -0.39 is 0 Å². The zero-order valence-electron chi connectivity index (χ0n) is 14.1. The number of halogens is 2. The summed E-state index contributed by atoms with van der Waals surface area (Å²) in [4.78, 5) is 7.24. The molecular formula is C19H21Cl2N3. The fraction of sp³-hybridized carbons (Fsp3) is 0.316. The summed E-state index contributed by atoms with van der Waals surface area (Å²) in [5.74, 6) is 0. The maximum Gasteiger partial charge on any atom is 0.160 e. The molecule has 2 aromatic heterocycles. The molecule has 0 N–H and O–H groups in total. The van der Waals surface area contributed by atoms with Crippen molar-refractivity contribution >= 4 is 35.3 Å². The Bertz CT molecular complexity index is 901. The quantitative estimate of drug-likeness (QED) is 0.597. The third-order valence-corrected chi connectivity index (χ3v) is 5.30. The van der Waals surface area contributed by atoms with Gasteiger partial charge in [0.1, 0.15) is 0 Å². The van der Waals surface area contributed by atoms with Crippen LogP contribution < -0.4 is 4.90 Å². The second-order valence-corrected chi connectivity index (χ2v) is 6.77. The maximum absolute atomic E-state index is 6.22. The Morgan fingerprint density at radius 2 is 2.00 bits per heavy atom. The molecule has 4 rings (SSSR count). The topological polar surface area (TPSA) is 20.5 Å². The molecule has 0 saturated carbocycles. The second-order valence-electron chi connectivity index (χ2n) is 6.33. The molecular weight excluding hydrogens is 341 g/mol. The molecule has 1 aliphatic rings. The van der Waals surface area contributed by atoms with Crippen LogP contribution in [-0.4, -0.2) is 15.9 Å². The predicted molar refractivity (Wildman–Crippen MR) is 103 cm³/mol. The lowest BCUT2D eigenvalue weighted by Gasteiger charge is -2.37. The van der Waals surface area contributed by atoms with Gasteiger partial charge in [0.05, 0.1) is 17.4 Å². The van der Waals surface area contributed by atoms with Crippen LogP contribution >= 0.6 is 24.0 Å². The van der Waals surface area contributed by atoms with Gasteiger partial charge in [-0.2, -0.15) is 0 Å². The van der Waals surface area contributed by atoms with Crippen LogP contribution in [0.25, 0.3) is 5.65 Å². The van der Waals surface area contributed by atoms with E-state index in [1.54, 1.807) is 0 Å². The summed E-state index contributed by atoms with van der Waals surface area (Å²) >= 11 is 6.22. The van der Waals surface area contributed by atoms with Crippen LogP contribution in [0.15, 0.2) is 36.5 Å². The summed E-state index contributed by atoms with van der Waals surface area (Å²) in [6.45, 7) is 7.44. The zero-order chi connectivity index (χ0) is 16.1. The van der Waals surface area contributed by atoms with Gasteiger partial charge in [-0.3, -0.25) is 0 Å². The number of imidazole rings is 1. The standard InChI is InChI=1S/C19H20ClN3.ClH/c1-12-13(2)23-9-4-5-18(19(23)21-12)22-10-8-15-6-7-16(20)11-17(15)14(22)3;/h4-7,9,11,14H,8,10H2,1-3H3;1H. The van der Waals surface area contributed by atoms with Crippen LogP contribution in [0.4, 0.5) is 5.69 Å². The molecule has 1 aromatic carbocycles. The molecule has 0 aliphatic carbocycles. The Labute approximate surface area is 153 Å². The lowest BCUT2D eigenvalue weighted by Crippen LogP contribution is -2.34. The van der Waals surface area contributed by atoms with Crippen LogP contribution in [0, 0.1) is 13.8 Å². The molecule has 24 heavy (non-hydrogen) atoms. The van der Waals surface area contributed by atoms with Gasteiger partial charge in [-0.25, -0.2) is 4.98 Å². The molecule has 1 atom stereocenters. The van der Waals surface area contributed by atoms with Gasteiger partial charge in [0, 0.05) is 23.5 Å². The number of aryl methyl sites for hydroxylation is 2. The van der Waals surface area contributed by atoms with Gasteiger partial charge in [-0.15, -0.1) is 12.4 Å². The van der Waals surface area contributed by atoms with E-state index in [9.17, 15) is 0 Å². The van der Waals surface area contributed by atoms with Crippen molar-refractivity contribution in [3.63, 3.8) is 0 Å². The largest absolute Gasteiger partial charge is 0.361 e. The second kappa shape index (κ2) is 6.30. The van der Waals surface area contributed by atoms with Gasteiger partial charge in [-0.05, 0) is 62.6 Å². The first-order valence-electron chi connectivity index (χ1n) is 8.05. The van der Waals surface area contributed by atoms with Crippen molar-refractivity contribution in [1.82, 2.24) is 9.38 Å². The Balaban J connectivity index is 0.00000169. The van der Waals surface area contributed by atoms with Gasteiger partial charge < -0.3 is 9.30 Å². The minimum atomic E-state index is 0. The summed E-state index contributed by atoms with van der Waals surface area (Å²) in [6, 6.07) is 10.8.